The maximum Gasteiger partial charge on any atom is 0.419 e. The molecule has 2 rings (SSSR count). The molecular weight excluding hydrogens is 288 g/mol. The molecule has 1 atom stereocenters. The molecule has 1 aliphatic rings. The van der Waals surface area contributed by atoms with E-state index in [9.17, 15) is 22.4 Å². The fourth-order valence-corrected chi connectivity index (χ4v) is 2.83. The molecule has 0 amide bonds. The third kappa shape index (κ3) is 2.63. The third-order valence-corrected chi connectivity index (χ3v) is 4.33. The molecule has 1 unspecified atom stereocenters. The van der Waals surface area contributed by atoms with Crippen molar-refractivity contribution in [1.29, 1.82) is 0 Å². The Labute approximate surface area is 120 Å². The Hall–Kier alpha value is -1.59. The largest absolute Gasteiger partial charge is 0.489 e. The van der Waals surface area contributed by atoms with Crippen LogP contribution < -0.4 is 4.74 Å². The van der Waals surface area contributed by atoms with Gasteiger partial charge in [-0.2, -0.15) is 13.2 Å². The van der Waals surface area contributed by atoms with Crippen LogP contribution in [0.3, 0.4) is 0 Å². The molecule has 0 heterocycles. The second-order valence-electron chi connectivity index (χ2n) is 5.24. The van der Waals surface area contributed by atoms with Crippen molar-refractivity contribution >= 4 is 5.78 Å². The smallest absolute Gasteiger partial charge is 0.419 e. The van der Waals surface area contributed by atoms with Gasteiger partial charge in [-0.3, -0.25) is 4.79 Å². The van der Waals surface area contributed by atoms with E-state index in [-0.39, 0.29) is 18.0 Å². The molecule has 0 bridgehead atoms. The standard InChI is InChI=1S/C15H16F4O2/c1-3-14(4-2)12(20)8-13(14)21-9-5-6-11(16)10(7-9)15(17,18)19/h5-7,13H,3-4,8H2,1-2H3. The first-order chi connectivity index (χ1) is 9.74. The zero-order chi connectivity index (χ0) is 15.8. The van der Waals surface area contributed by atoms with Gasteiger partial charge in [0.15, 0.2) is 0 Å². The summed E-state index contributed by atoms with van der Waals surface area (Å²) >= 11 is 0. The summed E-state index contributed by atoms with van der Waals surface area (Å²) in [6.45, 7) is 3.70. The van der Waals surface area contributed by atoms with Crippen LogP contribution >= 0.6 is 0 Å². The zero-order valence-corrected chi connectivity index (χ0v) is 11.8. The molecular formula is C15H16F4O2. The van der Waals surface area contributed by atoms with E-state index >= 15 is 0 Å². The topological polar surface area (TPSA) is 26.3 Å². The number of hydrogen-bond donors (Lipinski definition) is 0. The molecule has 1 aliphatic carbocycles. The van der Waals surface area contributed by atoms with Gasteiger partial charge in [0.25, 0.3) is 0 Å². The Morgan fingerprint density at radius 2 is 1.90 bits per heavy atom. The number of halogens is 4. The molecule has 2 nitrogen and oxygen atoms in total. The van der Waals surface area contributed by atoms with Gasteiger partial charge in [0, 0.05) is 6.42 Å². The molecule has 1 aromatic rings. The molecule has 1 saturated carbocycles. The van der Waals surface area contributed by atoms with Gasteiger partial charge in [-0.25, -0.2) is 4.39 Å². The van der Waals surface area contributed by atoms with Gasteiger partial charge in [-0.1, -0.05) is 13.8 Å². The monoisotopic (exact) mass is 304 g/mol. The van der Waals surface area contributed by atoms with Crippen molar-refractivity contribution in [2.24, 2.45) is 5.41 Å². The van der Waals surface area contributed by atoms with E-state index in [4.69, 9.17) is 4.74 Å². The molecule has 0 aromatic heterocycles. The van der Waals surface area contributed by atoms with Crippen LogP contribution in [0.2, 0.25) is 0 Å². The van der Waals surface area contributed by atoms with Gasteiger partial charge >= 0.3 is 6.18 Å². The zero-order valence-electron chi connectivity index (χ0n) is 11.8. The summed E-state index contributed by atoms with van der Waals surface area (Å²) in [6, 6.07) is 2.54. The van der Waals surface area contributed by atoms with Crippen molar-refractivity contribution in [2.45, 2.75) is 45.4 Å². The van der Waals surface area contributed by atoms with Crippen molar-refractivity contribution in [3.8, 4) is 5.75 Å². The summed E-state index contributed by atoms with van der Waals surface area (Å²) in [7, 11) is 0. The van der Waals surface area contributed by atoms with Crippen molar-refractivity contribution in [3.05, 3.63) is 29.6 Å². The minimum Gasteiger partial charge on any atom is -0.489 e. The summed E-state index contributed by atoms with van der Waals surface area (Å²) in [5.41, 5.74) is -1.99. The van der Waals surface area contributed by atoms with Gasteiger partial charge in [0.2, 0.25) is 0 Å². The summed E-state index contributed by atoms with van der Waals surface area (Å²) in [6.07, 6.45) is -3.90. The summed E-state index contributed by atoms with van der Waals surface area (Å²) in [5.74, 6) is -1.33. The predicted octanol–water partition coefficient (Wildman–Crippen LogP) is 4.37. The number of Topliss-reactive ketones (excluding diaryl/α,β-unsaturated/α-hetero) is 1. The molecule has 0 radical (unpaired) electrons. The molecule has 0 aliphatic heterocycles. The number of carbonyl (C=O) groups is 1. The van der Waals surface area contributed by atoms with E-state index < -0.39 is 29.1 Å². The second kappa shape index (κ2) is 5.31. The number of ketones is 1. The van der Waals surface area contributed by atoms with Crippen molar-refractivity contribution < 1.29 is 27.1 Å². The van der Waals surface area contributed by atoms with E-state index in [0.29, 0.717) is 18.9 Å². The molecule has 0 N–H and O–H groups in total. The van der Waals surface area contributed by atoms with Crippen LogP contribution in [-0.2, 0) is 11.0 Å². The summed E-state index contributed by atoms with van der Waals surface area (Å²) < 4.78 is 56.7. The highest BCUT2D eigenvalue weighted by molar-refractivity contribution is 5.92. The van der Waals surface area contributed by atoms with Crippen LogP contribution in [-0.4, -0.2) is 11.9 Å². The Kier molecular flexibility index (Phi) is 4.00. The fourth-order valence-electron chi connectivity index (χ4n) is 2.83. The van der Waals surface area contributed by atoms with Gasteiger partial charge in [-0.15, -0.1) is 0 Å². The molecule has 0 spiro atoms. The first kappa shape index (κ1) is 15.8. The summed E-state index contributed by atoms with van der Waals surface area (Å²) in [4.78, 5) is 11.8. The highest BCUT2D eigenvalue weighted by Gasteiger charge is 2.54. The molecule has 0 saturated heterocycles. The SMILES string of the molecule is CCC1(CC)C(=O)CC1Oc1ccc(F)c(C(F)(F)F)c1. The average molecular weight is 304 g/mol. The van der Waals surface area contributed by atoms with Crippen LogP contribution in [0.1, 0.15) is 38.7 Å². The lowest BCUT2D eigenvalue weighted by molar-refractivity contribution is -0.154. The molecule has 1 aromatic carbocycles. The van der Waals surface area contributed by atoms with Crippen molar-refractivity contribution in [1.82, 2.24) is 0 Å². The van der Waals surface area contributed by atoms with E-state index in [1.165, 1.54) is 0 Å². The van der Waals surface area contributed by atoms with Crippen molar-refractivity contribution in [2.75, 3.05) is 0 Å². The van der Waals surface area contributed by atoms with Crippen molar-refractivity contribution in [3.63, 3.8) is 0 Å². The maximum atomic E-state index is 13.2. The molecule has 1 fully saturated rings. The van der Waals surface area contributed by atoms with E-state index in [1.807, 2.05) is 13.8 Å². The Morgan fingerprint density at radius 1 is 1.29 bits per heavy atom. The van der Waals surface area contributed by atoms with Gasteiger partial charge in [0.05, 0.1) is 11.0 Å². The van der Waals surface area contributed by atoms with Gasteiger partial charge in [-0.05, 0) is 31.0 Å². The van der Waals surface area contributed by atoms with Gasteiger partial charge < -0.3 is 4.74 Å². The number of carbonyl (C=O) groups excluding carboxylic acids is 1. The van der Waals surface area contributed by atoms with Crippen LogP contribution in [0, 0.1) is 11.2 Å². The van der Waals surface area contributed by atoms with E-state index in [0.717, 1.165) is 12.1 Å². The summed E-state index contributed by atoms with van der Waals surface area (Å²) in [5, 5.41) is 0. The number of benzene rings is 1. The van der Waals surface area contributed by atoms with Crippen LogP contribution in [0.25, 0.3) is 0 Å². The Balaban J connectivity index is 2.24. The highest BCUT2D eigenvalue weighted by atomic mass is 19.4. The van der Waals surface area contributed by atoms with E-state index in [1.54, 1.807) is 0 Å². The fraction of sp³-hybridized carbons (Fsp3) is 0.533. The Bertz CT molecular complexity index is 547. The lowest BCUT2D eigenvalue weighted by Crippen LogP contribution is -2.56. The number of alkyl halides is 3. The quantitative estimate of drug-likeness (QED) is 0.772. The Morgan fingerprint density at radius 3 is 2.38 bits per heavy atom. The lowest BCUT2D eigenvalue weighted by Gasteiger charge is -2.46. The second-order valence-corrected chi connectivity index (χ2v) is 5.24. The van der Waals surface area contributed by atoms with Crippen LogP contribution in [0.15, 0.2) is 18.2 Å². The number of ether oxygens (including phenoxy) is 1. The van der Waals surface area contributed by atoms with E-state index in [2.05, 4.69) is 0 Å². The van der Waals surface area contributed by atoms with Crippen LogP contribution in [0.4, 0.5) is 17.6 Å². The maximum absolute atomic E-state index is 13.2. The first-order valence-electron chi connectivity index (χ1n) is 6.81. The predicted molar refractivity (Wildman–Crippen MR) is 68.5 cm³/mol. The molecule has 116 valence electrons. The lowest BCUT2D eigenvalue weighted by atomic mass is 9.61. The number of rotatable bonds is 4. The molecule has 21 heavy (non-hydrogen) atoms. The third-order valence-electron chi connectivity index (χ3n) is 4.33. The highest BCUT2D eigenvalue weighted by Crippen LogP contribution is 2.46. The minimum absolute atomic E-state index is 0.0625. The normalized spacial score (nSPS) is 21.0. The van der Waals surface area contributed by atoms with Gasteiger partial charge in [0.1, 0.15) is 23.5 Å². The van der Waals surface area contributed by atoms with Crippen LogP contribution in [0.5, 0.6) is 5.75 Å². The minimum atomic E-state index is -4.77. The first-order valence-corrected chi connectivity index (χ1v) is 6.81. The number of hydrogen-bond acceptors (Lipinski definition) is 2. The average Bonchev–Trinajstić information content (AvgIpc) is 2.40. The molecule has 6 heteroatoms.